The molecular formula is C22H25N5O3S. The quantitative estimate of drug-likeness (QED) is 0.611. The van der Waals surface area contributed by atoms with Crippen molar-refractivity contribution in [3.63, 3.8) is 0 Å². The van der Waals surface area contributed by atoms with Crippen LogP contribution in [0.2, 0.25) is 0 Å². The fourth-order valence-corrected chi connectivity index (χ4v) is 5.32. The summed E-state index contributed by atoms with van der Waals surface area (Å²) in [5, 5.41) is 12.4. The molecule has 3 heterocycles. The Bertz CT molecular complexity index is 1140. The number of fused-ring (bicyclic) bond motifs is 2. The van der Waals surface area contributed by atoms with Crippen LogP contribution in [0.5, 0.6) is 11.5 Å². The molecule has 0 atom stereocenters. The molecule has 2 aliphatic rings. The Kier molecular flexibility index (Phi) is 5.21. The van der Waals surface area contributed by atoms with E-state index in [-0.39, 0.29) is 17.2 Å². The Balaban J connectivity index is 1.33. The van der Waals surface area contributed by atoms with E-state index in [1.807, 2.05) is 36.4 Å². The minimum Gasteiger partial charge on any atom is -0.486 e. The summed E-state index contributed by atoms with van der Waals surface area (Å²) < 4.78 is 13.3. The molecule has 0 unspecified atom stereocenters. The molecule has 8 nitrogen and oxygen atoms in total. The third kappa shape index (κ3) is 3.82. The van der Waals surface area contributed by atoms with Gasteiger partial charge in [-0.1, -0.05) is 30.7 Å². The van der Waals surface area contributed by atoms with Crippen molar-refractivity contribution in [3.8, 4) is 11.5 Å². The fraction of sp³-hybridized carbons (Fsp3) is 0.455. The lowest BCUT2D eigenvalue weighted by Gasteiger charge is -2.32. The number of benzene rings is 1. The van der Waals surface area contributed by atoms with E-state index >= 15 is 0 Å². The molecule has 0 spiro atoms. The lowest BCUT2D eigenvalue weighted by Crippen LogP contribution is -2.44. The second kappa shape index (κ2) is 8.03. The molecular weight excluding hydrogens is 414 g/mol. The van der Waals surface area contributed by atoms with E-state index in [0.29, 0.717) is 24.1 Å². The Labute approximate surface area is 184 Å². The number of ether oxygens (including phenoxy) is 2. The molecule has 1 aliphatic carbocycles. The molecule has 31 heavy (non-hydrogen) atoms. The van der Waals surface area contributed by atoms with Gasteiger partial charge in [0, 0.05) is 11.4 Å². The van der Waals surface area contributed by atoms with Crippen LogP contribution in [-0.2, 0) is 10.3 Å². The van der Waals surface area contributed by atoms with E-state index in [1.54, 1.807) is 0 Å². The van der Waals surface area contributed by atoms with Gasteiger partial charge in [-0.05, 0) is 50.5 Å². The van der Waals surface area contributed by atoms with Gasteiger partial charge < -0.3 is 14.8 Å². The van der Waals surface area contributed by atoms with Gasteiger partial charge in [0.2, 0.25) is 5.91 Å². The summed E-state index contributed by atoms with van der Waals surface area (Å²) in [6, 6.07) is 8.01. The number of hydrogen-bond donors (Lipinski definition) is 1. The van der Waals surface area contributed by atoms with Crippen LogP contribution >= 0.6 is 11.8 Å². The standard InChI is InChI=1S/C22H25N5O3S/c1-14-11-15(2)27-20(23-14)25-26-21(27)31-13-19(28)24-22(7-3-4-8-22)16-5-6-17-18(12-16)30-10-9-29-17/h5-6,11-12H,3-4,7-10,13H2,1-2H3,(H,24,28). The number of aryl methyl sites for hydroxylation is 2. The summed E-state index contributed by atoms with van der Waals surface area (Å²) in [5.74, 6) is 2.33. The Morgan fingerprint density at radius 3 is 2.71 bits per heavy atom. The predicted octanol–water partition coefficient (Wildman–Crippen LogP) is 3.19. The summed E-state index contributed by atoms with van der Waals surface area (Å²) in [6.07, 6.45) is 4.00. The molecule has 0 radical (unpaired) electrons. The Hall–Kier alpha value is -2.81. The maximum Gasteiger partial charge on any atom is 0.256 e. The minimum absolute atomic E-state index is 0.0173. The van der Waals surface area contributed by atoms with Crippen molar-refractivity contribution in [3.05, 3.63) is 41.2 Å². The molecule has 1 aliphatic heterocycles. The zero-order valence-corrected chi connectivity index (χ0v) is 18.5. The first-order valence-electron chi connectivity index (χ1n) is 10.6. The van der Waals surface area contributed by atoms with Crippen LogP contribution in [0.1, 0.15) is 42.6 Å². The summed E-state index contributed by atoms with van der Waals surface area (Å²) in [5.41, 5.74) is 2.61. The van der Waals surface area contributed by atoms with Crippen molar-refractivity contribution in [2.24, 2.45) is 0 Å². The molecule has 9 heteroatoms. The number of thioether (sulfide) groups is 1. The number of aromatic nitrogens is 4. The Morgan fingerprint density at radius 2 is 1.90 bits per heavy atom. The number of nitrogens with one attached hydrogen (secondary N) is 1. The minimum atomic E-state index is -0.366. The van der Waals surface area contributed by atoms with Crippen LogP contribution in [0.25, 0.3) is 5.78 Å². The molecule has 0 bridgehead atoms. The van der Waals surface area contributed by atoms with Crippen molar-refractivity contribution >= 4 is 23.4 Å². The van der Waals surface area contributed by atoms with Crippen LogP contribution in [0.3, 0.4) is 0 Å². The SMILES string of the molecule is Cc1cc(C)n2c(SCC(=O)NC3(c4ccc5c(c4)OCCO5)CCCC3)nnc2n1. The van der Waals surface area contributed by atoms with Crippen molar-refractivity contribution < 1.29 is 14.3 Å². The second-order valence-electron chi connectivity index (χ2n) is 8.14. The third-order valence-electron chi connectivity index (χ3n) is 5.93. The van der Waals surface area contributed by atoms with E-state index in [4.69, 9.17) is 9.47 Å². The van der Waals surface area contributed by atoms with Crippen LogP contribution in [0.15, 0.2) is 29.4 Å². The first kappa shape index (κ1) is 20.1. The van der Waals surface area contributed by atoms with Gasteiger partial charge in [0.25, 0.3) is 5.78 Å². The van der Waals surface area contributed by atoms with Gasteiger partial charge in [-0.15, -0.1) is 10.2 Å². The first-order chi connectivity index (χ1) is 15.0. The van der Waals surface area contributed by atoms with Gasteiger partial charge in [0.15, 0.2) is 16.7 Å². The van der Waals surface area contributed by atoms with Gasteiger partial charge >= 0.3 is 0 Å². The monoisotopic (exact) mass is 439 g/mol. The molecule has 3 aromatic rings. The molecule has 2 aromatic heterocycles. The van der Waals surface area contributed by atoms with Crippen LogP contribution in [0, 0.1) is 13.8 Å². The highest BCUT2D eigenvalue weighted by atomic mass is 32.2. The molecule has 0 saturated heterocycles. The molecule has 162 valence electrons. The van der Waals surface area contributed by atoms with Crippen molar-refractivity contribution in [1.29, 1.82) is 0 Å². The zero-order chi connectivity index (χ0) is 21.4. The summed E-state index contributed by atoms with van der Waals surface area (Å²) in [4.78, 5) is 17.4. The van der Waals surface area contributed by atoms with Gasteiger partial charge in [-0.25, -0.2) is 4.98 Å². The van der Waals surface area contributed by atoms with Gasteiger partial charge in [-0.2, -0.15) is 0 Å². The van der Waals surface area contributed by atoms with Crippen LogP contribution in [0.4, 0.5) is 0 Å². The number of carbonyl (C=O) groups is 1. The lowest BCUT2D eigenvalue weighted by atomic mass is 9.87. The zero-order valence-electron chi connectivity index (χ0n) is 17.7. The molecule has 1 fully saturated rings. The largest absolute Gasteiger partial charge is 0.486 e. The summed E-state index contributed by atoms with van der Waals surface area (Å²) in [7, 11) is 0. The van der Waals surface area contributed by atoms with Gasteiger partial charge in [0.1, 0.15) is 13.2 Å². The second-order valence-corrected chi connectivity index (χ2v) is 9.08. The number of nitrogens with zero attached hydrogens (tertiary/aromatic N) is 4. The van der Waals surface area contributed by atoms with E-state index in [1.165, 1.54) is 11.8 Å². The van der Waals surface area contributed by atoms with Crippen molar-refractivity contribution in [2.75, 3.05) is 19.0 Å². The van der Waals surface area contributed by atoms with E-state index in [9.17, 15) is 4.79 Å². The lowest BCUT2D eigenvalue weighted by molar-refractivity contribution is -0.120. The average Bonchev–Trinajstić information content (AvgIpc) is 3.40. The highest BCUT2D eigenvalue weighted by Crippen LogP contribution is 2.42. The number of amides is 1. The molecule has 1 N–H and O–H groups in total. The topological polar surface area (TPSA) is 90.6 Å². The van der Waals surface area contributed by atoms with Crippen LogP contribution in [-0.4, -0.2) is 44.5 Å². The number of carbonyl (C=O) groups excluding carboxylic acids is 1. The normalized spacial score (nSPS) is 17.1. The van der Waals surface area contributed by atoms with Crippen LogP contribution < -0.4 is 14.8 Å². The highest BCUT2D eigenvalue weighted by Gasteiger charge is 2.38. The van der Waals surface area contributed by atoms with Crippen molar-refractivity contribution in [2.45, 2.75) is 50.2 Å². The van der Waals surface area contributed by atoms with E-state index in [0.717, 1.165) is 54.1 Å². The van der Waals surface area contributed by atoms with Gasteiger partial charge in [0.05, 0.1) is 11.3 Å². The molecule has 1 aromatic carbocycles. The van der Waals surface area contributed by atoms with Crippen molar-refractivity contribution in [1.82, 2.24) is 24.9 Å². The maximum absolute atomic E-state index is 13.0. The maximum atomic E-state index is 13.0. The third-order valence-corrected chi connectivity index (χ3v) is 6.85. The fourth-order valence-electron chi connectivity index (χ4n) is 4.53. The predicted molar refractivity (Wildman–Crippen MR) is 117 cm³/mol. The molecule has 1 saturated carbocycles. The Morgan fingerprint density at radius 1 is 1.13 bits per heavy atom. The number of hydrogen-bond acceptors (Lipinski definition) is 7. The molecule has 5 rings (SSSR count). The average molecular weight is 440 g/mol. The highest BCUT2D eigenvalue weighted by molar-refractivity contribution is 7.99. The van der Waals surface area contributed by atoms with Gasteiger partial charge in [-0.3, -0.25) is 9.20 Å². The van der Waals surface area contributed by atoms with E-state index in [2.05, 4.69) is 26.6 Å². The summed E-state index contributed by atoms with van der Waals surface area (Å²) >= 11 is 1.38. The summed E-state index contributed by atoms with van der Waals surface area (Å²) in [6.45, 7) is 5.04. The smallest absolute Gasteiger partial charge is 0.256 e. The molecule has 1 amide bonds. The van der Waals surface area contributed by atoms with E-state index < -0.39 is 0 Å². The number of rotatable bonds is 5. The first-order valence-corrected chi connectivity index (χ1v) is 11.6.